The zero-order chi connectivity index (χ0) is 6.85. The van der Waals surface area contributed by atoms with E-state index in [-0.39, 0.29) is 0 Å². The maximum absolute atomic E-state index is 9.09. The standard InChI is InChI=1S/C7H9ClO/c1-5-2-3-6(8)4-7(5)9/h4,7,9H,1-3H2. The molecule has 0 saturated carbocycles. The summed E-state index contributed by atoms with van der Waals surface area (Å²) in [4.78, 5) is 0. The van der Waals surface area contributed by atoms with Gasteiger partial charge >= 0.3 is 0 Å². The predicted octanol–water partition coefficient (Wildman–Crippen LogP) is 1.82. The van der Waals surface area contributed by atoms with E-state index in [2.05, 4.69) is 6.58 Å². The van der Waals surface area contributed by atoms with Crippen molar-refractivity contribution < 1.29 is 5.11 Å². The molecule has 2 heteroatoms. The molecule has 0 aromatic rings. The first-order valence-corrected chi connectivity index (χ1v) is 3.30. The molecule has 0 radical (unpaired) electrons. The molecule has 0 aromatic carbocycles. The van der Waals surface area contributed by atoms with E-state index in [0.717, 1.165) is 23.4 Å². The Balaban J connectivity index is 2.69. The normalized spacial score (nSPS) is 28.0. The molecule has 1 rings (SSSR count). The first-order chi connectivity index (χ1) is 4.20. The van der Waals surface area contributed by atoms with Crippen LogP contribution in [0.3, 0.4) is 0 Å². The second kappa shape index (κ2) is 2.54. The van der Waals surface area contributed by atoms with Crippen molar-refractivity contribution in [3.63, 3.8) is 0 Å². The number of halogens is 1. The first-order valence-electron chi connectivity index (χ1n) is 2.92. The van der Waals surface area contributed by atoms with Crippen molar-refractivity contribution in [2.45, 2.75) is 18.9 Å². The minimum Gasteiger partial charge on any atom is -0.385 e. The Bertz CT molecular complexity index is 160. The Labute approximate surface area is 59.6 Å². The molecule has 0 fully saturated rings. The molecular formula is C7H9ClO. The number of hydrogen-bond donors (Lipinski definition) is 1. The summed E-state index contributed by atoms with van der Waals surface area (Å²) in [6.45, 7) is 3.68. The summed E-state index contributed by atoms with van der Waals surface area (Å²) in [5, 5.41) is 9.83. The molecule has 0 saturated heterocycles. The summed E-state index contributed by atoms with van der Waals surface area (Å²) in [6.07, 6.45) is 2.77. The highest BCUT2D eigenvalue weighted by atomic mass is 35.5. The van der Waals surface area contributed by atoms with Crippen LogP contribution in [0, 0.1) is 0 Å². The maximum Gasteiger partial charge on any atom is 0.0943 e. The average Bonchev–Trinajstić information content (AvgIpc) is 1.80. The van der Waals surface area contributed by atoms with E-state index < -0.39 is 6.10 Å². The minimum atomic E-state index is -0.508. The van der Waals surface area contributed by atoms with Crippen LogP contribution in [0.25, 0.3) is 0 Å². The zero-order valence-corrected chi connectivity index (χ0v) is 5.86. The van der Waals surface area contributed by atoms with E-state index in [4.69, 9.17) is 16.7 Å². The van der Waals surface area contributed by atoms with Crippen LogP contribution in [0.15, 0.2) is 23.3 Å². The second-order valence-corrected chi connectivity index (χ2v) is 2.70. The van der Waals surface area contributed by atoms with Gasteiger partial charge in [-0.05, 0) is 24.5 Å². The van der Waals surface area contributed by atoms with Crippen molar-refractivity contribution in [2.75, 3.05) is 0 Å². The minimum absolute atomic E-state index is 0.508. The van der Waals surface area contributed by atoms with Crippen LogP contribution in [0.2, 0.25) is 0 Å². The molecule has 1 unspecified atom stereocenters. The van der Waals surface area contributed by atoms with Crippen LogP contribution in [0.5, 0.6) is 0 Å². The average molecular weight is 145 g/mol. The van der Waals surface area contributed by atoms with Gasteiger partial charge in [0.05, 0.1) is 6.10 Å². The van der Waals surface area contributed by atoms with Crippen molar-refractivity contribution in [1.29, 1.82) is 0 Å². The summed E-state index contributed by atoms with van der Waals surface area (Å²) >= 11 is 5.64. The van der Waals surface area contributed by atoms with Crippen LogP contribution < -0.4 is 0 Å². The monoisotopic (exact) mass is 144 g/mol. The van der Waals surface area contributed by atoms with Gasteiger partial charge < -0.3 is 5.11 Å². The van der Waals surface area contributed by atoms with Gasteiger partial charge in [-0.3, -0.25) is 0 Å². The van der Waals surface area contributed by atoms with E-state index in [1.54, 1.807) is 6.08 Å². The fourth-order valence-electron chi connectivity index (χ4n) is 0.800. The quantitative estimate of drug-likeness (QED) is 0.515. The van der Waals surface area contributed by atoms with Gasteiger partial charge in [0.2, 0.25) is 0 Å². The molecule has 1 aliphatic rings. The van der Waals surface area contributed by atoms with Crippen molar-refractivity contribution in [3.05, 3.63) is 23.3 Å². The Morgan fingerprint density at radius 1 is 1.67 bits per heavy atom. The molecule has 0 aliphatic heterocycles. The number of rotatable bonds is 0. The highest BCUT2D eigenvalue weighted by molar-refractivity contribution is 6.29. The van der Waals surface area contributed by atoms with Gasteiger partial charge in [0.25, 0.3) is 0 Å². The lowest BCUT2D eigenvalue weighted by Crippen LogP contribution is -2.10. The van der Waals surface area contributed by atoms with Gasteiger partial charge in [-0.1, -0.05) is 18.2 Å². The number of aliphatic hydroxyl groups excluding tert-OH is 1. The second-order valence-electron chi connectivity index (χ2n) is 2.22. The topological polar surface area (TPSA) is 20.2 Å². The van der Waals surface area contributed by atoms with Crippen molar-refractivity contribution in [3.8, 4) is 0 Å². The first kappa shape index (κ1) is 6.84. The summed E-state index contributed by atoms with van der Waals surface area (Å²) in [5.41, 5.74) is 0.861. The number of allylic oxidation sites excluding steroid dienone is 1. The molecule has 1 atom stereocenters. The Kier molecular flexibility index (Phi) is 1.94. The molecule has 1 aliphatic carbocycles. The molecule has 50 valence electrons. The van der Waals surface area contributed by atoms with E-state index in [9.17, 15) is 0 Å². The fourth-order valence-corrected chi connectivity index (χ4v) is 1.01. The van der Waals surface area contributed by atoms with Crippen LogP contribution >= 0.6 is 11.6 Å². The SMILES string of the molecule is C=C1CCC(Cl)=CC1O. The van der Waals surface area contributed by atoms with Crippen LogP contribution in [-0.2, 0) is 0 Å². The van der Waals surface area contributed by atoms with Gasteiger partial charge in [0, 0.05) is 5.03 Å². The smallest absolute Gasteiger partial charge is 0.0943 e. The van der Waals surface area contributed by atoms with Gasteiger partial charge in [-0.2, -0.15) is 0 Å². The van der Waals surface area contributed by atoms with Crippen LogP contribution in [-0.4, -0.2) is 11.2 Å². The molecule has 1 nitrogen and oxygen atoms in total. The summed E-state index contributed by atoms with van der Waals surface area (Å²) < 4.78 is 0. The molecule has 0 heterocycles. The summed E-state index contributed by atoms with van der Waals surface area (Å²) in [5.74, 6) is 0. The number of hydrogen-bond acceptors (Lipinski definition) is 1. The van der Waals surface area contributed by atoms with Gasteiger partial charge in [-0.25, -0.2) is 0 Å². The Morgan fingerprint density at radius 3 is 2.78 bits per heavy atom. The van der Waals surface area contributed by atoms with Gasteiger partial charge in [-0.15, -0.1) is 0 Å². The maximum atomic E-state index is 9.09. The highest BCUT2D eigenvalue weighted by Crippen LogP contribution is 2.23. The molecular weight excluding hydrogens is 136 g/mol. The van der Waals surface area contributed by atoms with Gasteiger partial charge in [0.15, 0.2) is 0 Å². The molecule has 0 bridgehead atoms. The highest BCUT2D eigenvalue weighted by Gasteiger charge is 2.12. The van der Waals surface area contributed by atoms with Gasteiger partial charge in [0.1, 0.15) is 0 Å². The van der Waals surface area contributed by atoms with Crippen molar-refractivity contribution in [2.24, 2.45) is 0 Å². The fraction of sp³-hybridized carbons (Fsp3) is 0.429. The molecule has 0 aromatic heterocycles. The lowest BCUT2D eigenvalue weighted by molar-refractivity contribution is 0.250. The van der Waals surface area contributed by atoms with E-state index in [0.29, 0.717) is 0 Å². The number of aliphatic hydroxyl groups is 1. The summed E-state index contributed by atoms with van der Waals surface area (Å²) in [7, 11) is 0. The third kappa shape index (κ3) is 1.57. The van der Waals surface area contributed by atoms with E-state index in [1.807, 2.05) is 0 Å². The lowest BCUT2D eigenvalue weighted by atomic mass is 10.0. The predicted molar refractivity (Wildman–Crippen MR) is 38.3 cm³/mol. The van der Waals surface area contributed by atoms with E-state index >= 15 is 0 Å². The Hall–Kier alpha value is -0.270. The largest absolute Gasteiger partial charge is 0.385 e. The molecule has 0 spiro atoms. The third-order valence-corrected chi connectivity index (χ3v) is 1.76. The van der Waals surface area contributed by atoms with E-state index in [1.165, 1.54) is 0 Å². The molecule has 9 heavy (non-hydrogen) atoms. The zero-order valence-electron chi connectivity index (χ0n) is 5.10. The summed E-state index contributed by atoms with van der Waals surface area (Å²) in [6, 6.07) is 0. The van der Waals surface area contributed by atoms with Crippen LogP contribution in [0.1, 0.15) is 12.8 Å². The van der Waals surface area contributed by atoms with Crippen molar-refractivity contribution in [1.82, 2.24) is 0 Å². The molecule has 1 N–H and O–H groups in total. The Morgan fingerprint density at radius 2 is 2.33 bits per heavy atom. The van der Waals surface area contributed by atoms with Crippen molar-refractivity contribution >= 4 is 11.6 Å². The third-order valence-electron chi connectivity index (χ3n) is 1.44. The lowest BCUT2D eigenvalue weighted by Gasteiger charge is -2.15. The van der Waals surface area contributed by atoms with Crippen LogP contribution in [0.4, 0.5) is 0 Å². The molecule has 0 amide bonds.